The fourth-order valence-electron chi connectivity index (χ4n) is 4.75. The number of carbonyl (C=O) groups excluding carboxylic acids is 1. The lowest BCUT2D eigenvalue weighted by Gasteiger charge is -2.27. The molecule has 0 unspecified atom stereocenters. The summed E-state index contributed by atoms with van der Waals surface area (Å²) in [5.41, 5.74) is -0.386. The number of hydrogen-bond donors (Lipinski definition) is 0. The smallest absolute Gasteiger partial charge is 0.256 e. The minimum Gasteiger partial charge on any atom is -0.302 e. The highest BCUT2D eigenvalue weighted by atomic mass is 16.2. The maximum absolute atomic E-state index is 12.8. The zero-order chi connectivity index (χ0) is 13.9. The summed E-state index contributed by atoms with van der Waals surface area (Å²) in [6.07, 6.45) is 4.99. The molecule has 0 bridgehead atoms. The third-order valence-electron chi connectivity index (χ3n) is 5.92. The van der Waals surface area contributed by atoms with Crippen molar-refractivity contribution in [3.8, 4) is 0 Å². The zero-order valence-corrected chi connectivity index (χ0v) is 12.6. The minimum atomic E-state index is -0.386. The van der Waals surface area contributed by atoms with Gasteiger partial charge in [-0.2, -0.15) is 0 Å². The molecule has 4 aliphatic rings. The van der Waals surface area contributed by atoms with Crippen LogP contribution in [0.3, 0.4) is 0 Å². The average Bonchev–Trinajstić information content (AvgIpc) is 2.94. The molecule has 3 atom stereocenters. The number of aliphatic imine (C=N–C) groups is 1. The molecule has 4 nitrogen and oxygen atoms in total. The van der Waals surface area contributed by atoms with Crippen LogP contribution in [0.15, 0.2) is 4.99 Å². The highest BCUT2D eigenvalue weighted by molar-refractivity contribution is 6.07. The number of likely N-dealkylation sites (N-methyl/N-ethyl adjacent to an activating group) is 1. The van der Waals surface area contributed by atoms with Crippen molar-refractivity contribution in [3.63, 3.8) is 0 Å². The molecule has 0 aromatic rings. The third kappa shape index (κ3) is 1.70. The molecule has 110 valence electrons. The van der Waals surface area contributed by atoms with Crippen LogP contribution in [-0.4, -0.2) is 53.3 Å². The number of amides is 1. The Bertz CT molecular complexity index is 470. The lowest BCUT2D eigenvalue weighted by molar-refractivity contribution is -0.132. The molecular weight excluding hydrogens is 250 g/mol. The normalized spacial score (nSPS) is 40.8. The van der Waals surface area contributed by atoms with Crippen molar-refractivity contribution in [1.82, 2.24) is 9.80 Å². The van der Waals surface area contributed by atoms with Crippen LogP contribution in [0, 0.1) is 17.8 Å². The summed E-state index contributed by atoms with van der Waals surface area (Å²) in [5.74, 6) is 3.35. The maximum Gasteiger partial charge on any atom is 0.256 e. The van der Waals surface area contributed by atoms with Crippen LogP contribution in [0.25, 0.3) is 0 Å². The topological polar surface area (TPSA) is 35.9 Å². The summed E-state index contributed by atoms with van der Waals surface area (Å²) in [7, 11) is 0. The van der Waals surface area contributed by atoms with Gasteiger partial charge in [-0.25, -0.2) is 0 Å². The van der Waals surface area contributed by atoms with Crippen molar-refractivity contribution in [2.45, 2.75) is 45.1 Å². The first kappa shape index (κ1) is 12.8. The largest absolute Gasteiger partial charge is 0.302 e. The van der Waals surface area contributed by atoms with Gasteiger partial charge in [0.25, 0.3) is 5.91 Å². The number of fused-ring (bicyclic) bond motifs is 2. The van der Waals surface area contributed by atoms with Crippen LogP contribution in [0.2, 0.25) is 0 Å². The second-order valence-corrected chi connectivity index (χ2v) is 7.20. The molecule has 4 rings (SSSR count). The van der Waals surface area contributed by atoms with E-state index in [1.165, 1.54) is 32.4 Å². The third-order valence-corrected chi connectivity index (χ3v) is 5.92. The van der Waals surface area contributed by atoms with Gasteiger partial charge in [0, 0.05) is 32.1 Å². The summed E-state index contributed by atoms with van der Waals surface area (Å²) in [6, 6.07) is 0. The number of carbonyl (C=O) groups is 1. The molecule has 2 saturated carbocycles. The molecule has 1 spiro atoms. The predicted octanol–water partition coefficient (Wildman–Crippen LogP) is 1.76. The van der Waals surface area contributed by atoms with E-state index in [0.29, 0.717) is 17.7 Å². The van der Waals surface area contributed by atoms with Crippen LogP contribution < -0.4 is 0 Å². The van der Waals surface area contributed by atoms with Gasteiger partial charge >= 0.3 is 0 Å². The summed E-state index contributed by atoms with van der Waals surface area (Å²) in [4.78, 5) is 22.2. The predicted molar refractivity (Wildman–Crippen MR) is 78.6 cm³/mol. The zero-order valence-electron chi connectivity index (χ0n) is 12.6. The summed E-state index contributed by atoms with van der Waals surface area (Å²) < 4.78 is 0. The Balaban J connectivity index is 1.56. The van der Waals surface area contributed by atoms with Crippen molar-refractivity contribution >= 4 is 11.7 Å². The van der Waals surface area contributed by atoms with E-state index in [2.05, 4.69) is 11.8 Å². The molecule has 2 aliphatic heterocycles. The highest BCUT2D eigenvalue weighted by Gasteiger charge is 2.60. The van der Waals surface area contributed by atoms with E-state index < -0.39 is 0 Å². The van der Waals surface area contributed by atoms with Crippen LogP contribution in [-0.2, 0) is 4.79 Å². The standard InChI is InChI=1S/C16H25N3O/c1-3-19-11(2)17-16(15(19)20)7-6-13-9-18(10-14(13)16)8-12-4-5-12/h12-14H,3-10H2,1-2H3/t13-,14+,16-/m1/s1. The van der Waals surface area contributed by atoms with E-state index in [0.717, 1.165) is 31.3 Å². The second-order valence-electron chi connectivity index (χ2n) is 7.20. The van der Waals surface area contributed by atoms with Crippen molar-refractivity contribution in [1.29, 1.82) is 0 Å². The molecular formula is C16H25N3O. The van der Waals surface area contributed by atoms with Gasteiger partial charge in [-0.15, -0.1) is 0 Å². The van der Waals surface area contributed by atoms with E-state index in [1.807, 2.05) is 11.8 Å². The summed E-state index contributed by atoms with van der Waals surface area (Å²) >= 11 is 0. The maximum atomic E-state index is 12.8. The molecule has 0 aromatic heterocycles. The van der Waals surface area contributed by atoms with Gasteiger partial charge < -0.3 is 4.90 Å². The Morgan fingerprint density at radius 3 is 2.75 bits per heavy atom. The van der Waals surface area contributed by atoms with Crippen molar-refractivity contribution < 1.29 is 4.79 Å². The fraction of sp³-hybridized carbons (Fsp3) is 0.875. The Kier molecular flexibility index (Phi) is 2.75. The quantitative estimate of drug-likeness (QED) is 0.787. The number of hydrogen-bond acceptors (Lipinski definition) is 3. The first-order valence-corrected chi connectivity index (χ1v) is 8.25. The van der Waals surface area contributed by atoms with Crippen molar-refractivity contribution in [3.05, 3.63) is 0 Å². The fourth-order valence-corrected chi connectivity index (χ4v) is 4.75. The molecule has 0 N–H and O–H groups in total. The van der Waals surface area contributed by atoms with Gasteiger partial charge in [-0.05, 0) is 51.4 Å². The Hall–Kier alpha value is -0.900. The molecule has 2 aliphatic carbocycles. The number of rotatable bonds is 3. The Morgan fingerprint density at radius 2 is 2.10 bits per heavy atom. The van der Waals surface area contributed by atoms with E-state index in [-0.39, 0.29) is 5.54 Å². The molecule has 3 fully saturated rings. The van der Waals surface area contributed by atoms with Gasteiger partial charge in [0.15, 0.2) is 0 Å². The van der Waals surface area contributed by atoms with Gasteiger partial charge in [0.1, 0.15) is 11.4 Å². The molecule has 2 heterocycles. The first-order chi connectivity index (χ1) is 9.64. The van der Waals surface area contributed by atoms with Gasteiger partial charge in [0.05, 0.1) is 0 Å². The SMILES string of the molecule is CCN1C(=O)[C@]2(CC[C@@H]3CN(CC4CC4)C[C@@H]32)N=C1C. The molecule has 20 heavy (non-hydrogen) atoms. The van der Waals surface area contributed by atoms with Crippen molar-refractivity contribution in [2.75, 3.05) is 26.2 Å². The van der Waals surface area contributed by atoms with E-state index >= 15 is 0 Å². The number of likely N-dealkylation sites (tertiary alicyclic amines) is 1. The lowest BCUT2D eigenvalue weighted by Crippen LogP contribution is -2.46. The molecule has 0 radical (unpaired) electrons. The van der Waals surface area contributed by atoms with E-state index in [9.17, 15) is 4.79 Å². The van der Waals surface area contributed by atoms with Gasteiger partial charge in [0.2, 0.25) is 0 Å². The second kappa shape index (κ2) is 4.30. The highest BCUT2D eigenvalue weighted by Crippen LogP contribution is 2.50. The van der Waals surface area contributed by atoms with Gasteiger partial charge in [-0.3, -0.25) is 14.7 Å². The van der Waals surface area contributed by atoms with Crippen LogP contribution in [0.1, 0.15) is 39.5 Å². The minimum absolute atomic E-state index is 0.290. The molecule has 0 aromatic carbocycles. The number of amidine groups is 1. The van der Waals surface area contributed by atoms with Crippen LogP contribution in [0.4, 0.5) is 0 Å². The molecule has 1 amide bonds. The first-order valence-electron chi connectivity index (χ1n) is 8.25. The van der Waals surface area contributed by atoms with Crippen molar-refractivity contribution in [2.24, 2.45) is 22.7 Å². The average molecular weight is 275 g/mol. The van der Waals surface area contributed by atoms with Gasteiger partial charge in [-0.1, -0.05) is 0 Å². The molecule has 1 saturated heterocycles. The van der Waals surface area contributed by atoms with E-state index in [4.69, 9.17) is 4.99 Å². The van der Waals surface area contributed by atoms with Crippen LogP contribution >= 0.6 is 0 Å². The monoisotopic (exact) mass is 275 g/mol. The van der Waals surface area contributed by atoms with E-state index in [1.54, 1.807) is 0 Å². The van der Waals surface area contributed by atoms with Crippen LogP contribution in [0.5, 0.6) is 0 Å². The lowest BCUT2D eigenvalue weighted by atomic mass is 9.85. The summed E-state index contributed by atoms with van der Waals surface area (Å²) in [6.45, 7) is 8.38. The number of nitrogens with zero attached hydrogens (tertiary/aromatic N) is 3. The Labute approximate surface area is 121 Å². The molecule has 4 heteroatoms. The summed E-state index contributed by atoms with van der Waals surface area (Å²) in [5, 5.41) is 0. The Morgan fingerprint density at radius 1 is 1.30 bits per heavy atom.